The van der Waals surface area contributed by atoms with Crippen molar-refractivity contribution in [2.24, 2.45) is 0 Å². The molecule has 1 atom stereocenters. The van der Waals surface area contributed by atoms with E-state index in [0.29, 0.717) is 5.69 Å². The second-order valence-corrected chi connectivity index (χ2v) is 4.84. The van der Waals surface area contributed by atoms with Crippen molar-refractivity contribution in [3.05, 3.63) is 47.9 Å². The Morgan fingerprint density at radius 1 is 1.35 bits per heavy atom. The molecule has 5 heteroatoms. The van der Waals surface area contributed by atoms with Crippen LogP contribution in [0.2, 0.25) is 0 Å². The van der Waals surface area contributed by atoms with E-state index in [9.17, 15) is 9.90 Å². The Bertz CT molecular complexity index is 535. The van der Waals surface area contributed by atoms with Gasteiger partial charge in [0.1, 0.15) is 12.0 Å². The van der Waals surface area contributed by atoms with E-state index in [4.69, 9.17) is 0 Å². The van der Waals surface area contributed by atoms with Crippen LogP contribution in [-0.2, 0) is 17.6 Å². The Balaban J connectivity index is 1.73. The van der Waals surface area contributed by atoms with Gasteiger partial charge in [-0.25, -0.2) is 0 Å². The van der Waals surface area contributed by atoms with E-state index in [1.54, 1.807) is 18.2 Å². The van der Waals surface area contributed by atoms with Crippen molar-refractivity contribution in [1.82, 2.24) is 10.5 Å². The first kappa shape index (κ1) is 14.1. The number of hydrogen-bond acceptors (Lipinski definition) is 4. The third-order valence-electron chi connectivity index (χ3n) is 3.04. The van der Waals surface area contributed by atoms with Crippen LogP contribution in [0.1, 0.15) is 24.6 Å². The topological polar surface area (TPSA) is 75.4 Å². The molecule has 1 heterocycles. The first-order chi connectivity index (χ1) is 9.63. The van der Waals surface area contributed by atoms with Crippen LogP contribution in [0.3, 0.4) is 0 Å². The highest BCUT2D eigenvalue weighted by atomic mass is 16.5. The van der Waals surface area contributed by atoms with Gasteiger partial charge < -0.3 is 14.9 Å². The van der Waals surface area contributed by atoms with E-state index in [1.807, 2.05) is 19.1 Å². The maximum atomic E-state index is 11.8. The van der Waals surface area contributed by atoms with Gasteiger partial charge in [0.2, 0.25) is 5.91 Å². The maximum Gasteiger partial charge on any atom is 0.226 e. The Labute approximate surface area is 117 Å². The second-order valence-electron chi connectivity index (χ2n) is 4.84. The number of amides is 1. The number of carbonyl (C=O) groups is 1. The molecule has 1 aromatic heterocycles. The molecule has 0 saturated carbocycles. The zero-order valence-electron chi connectivity index (χ0n) is 11.4. The van der Waals surface area contributed by atoms with Crippen LogP contribution in [-0.4, -0.2) is 22.2 Å². The number of aromatic hydroxyl groups is 1. The van der Waals surface area contributed by atoms with Crippen LogP contribution < -0.4 is 5.32 Å². The fraction of sp³-hybridized carbons (Fsp3) is 0.333. The molecule has 0 aliphatic heterocycles. The molecular formula is C15H18N2O3. The fourth-order valence-electron chi connectivity index (χ4n) is 1.94. The second kappa shape index (κ2) is 6.75. The fourth-order valence-corrected chi connectivity index (χ4v) is 1.94. The van der Waals surface area contributed by atoms with Gasteiger partial charge in [-0.15, -0.1) is 0 Å². The van der Waals surface area contributed by atoms with Crippen molar-refractivity contribution in [3.63, 3.8) is 0 Å². The smallest absolute Gasteiger partial charge is 0.226 e. The minimum atomic E-state index is -0.0582. The highest BCUT2D eigenvalue weighted by Gasteiger charge is 2.10. The highest BCUT2D eigenvalue weighted by molar-refractivity contribution is 5.78. The van der Waals surface area contributed by atoms with E-state index in [2.05, 4.69) is 15.0 Å². The van der Waals surface area contributed by atoms with Gasteiger partial charge in [0.25, 0.3) is 0 Å². The minimum Gasteiger partial charge on any atom is -0.508 e. The number of hydrogen-bond donors (Lipinski definition) is 2. The molecule has 2 aromatic rings. The molecule has 0 unspecified atom stereocenters. The zero-order chi connectivity index (χ0) is 14.4. The Kier molecular flexibility index (Phi) is 4.76. The molecule has 2 N–H and O–H groups in total. The summed E-state index contributed by atoms with van der Waals surface area (Å²) in [5.41, 5.74) is 1.77. The van der Waals surface area contributed by atoms with Crippen molar-refractivity contribution in [3.8, 4) is 5.75 Å². The summed E-state index contributed by atoms with van der Waals surface area (Å²) in [6.07, 6.45) is 3.39. The molecule has 0 fully saturated rings. The number of benzene rings is 1. The number of rotatable bonds is 6. The largest absolute Gasteiger partial charge is 0.508 e. The molecule has 0 aliphatic carbocycles. The average Bonchev–Trinajstić information content (AvgIpc) is 2.90. The third-order valence-corrected chi connectivity index (χ3v) is 3.04. The molecule has 106 valence electrons. The van der Waals surface area contributed by atoms with E-state index in [1.165, 1.54) is 6.26 Å². The molecule has 1 amide bonds. The zero-order valence-corrected chi connectivity index (χ0v) is 11.4. The van der Waals surface area contributed by atoms with E-state index < -0.39 is 0 Å². The summed E-state index contributed by atoms with van der Waals surface area (Å²) in [5, 5.41) is 15.8. The predicted molar refractivity (Wildman–Crippen MR) is 74.2 cm³/mol. The Hall–Kier alpha value is -2.30. The monoisotopic (exact) mass is 274 g/mol. The number of phenols is 1. The van der Waals surface area contributed by atoms with Gasteiger partial charge in [0.05, 0.1) is 12.1 Å². The molecule has 0 saturated heterocycles. The molecule has 1 aromatic carbocycles. The van der Waals surface area contributed by atoms with Crippen molar-refractivity contribution in [2.45, 2.75) is 32.2 Å². The average molecular weight is 274 g/mol. The summed E-state index contributed by atoms with van der Waals surface area (Å²) in [5.74, 6) is 0.208. The van der Waals surface area contributed by atoms with Crippen LogP contribution in [0.5, 0.6) is 5.75 Å². The number of nitrogens with zero attached hydrogens (tertiary/aromatic N) is 1. The van der Waals surface area contributed by atoms with Gasteiger partial charge in [-0.1, -0.05) is 17.3 Å². The van der Waals surface area contributed by atoms with Crippen LogP contribution >= 0.6 is 0 Å². The molecule has 0 spiro atoms. The summed E-state index contributed by atoms with van der Waals surface area (Å²) in [6, 6.07) is 8.88. The number of carbonyl (C=O) groups excluding carboxylic acids is 1. The van der Waals surface area contributed by atoms with Crippen LogP contribution in [0.4, 0.5) is 0 Å². The quantitative estimate of drug-likeness (QED) is 0.845. The molecular weight excluding hydrogens is 256 g/mol. The normalized spacial score (nSPS) is 12.1. The number of aromatic nitrogens is 1. The minimum absolute atomic E-state index is 0.0582. The van der Waals surface area contributed by atoms with Crippen LogP contribution in [0.15, 0.2) is 41.1 Å². The summed E-state index contributed by atoms with van der Waals surface area (Å²) in [4.78, 5) is 11.8. The van der Waals surface area contributed by atoms with E-state index in [-0.39, 0.29) is 24.1 Å². The van der Waals surface area contributed by atoms with Gasteiger partial charge in [0.15, 0.2) is 0 Å². The van der Waals surface area contributed by atoms with Gasteiger partial charge in [-0.2, -0.15) is 0 Å². The van der Waals surface area contributed by atoms with Crippen molar-refractivity contribution >= 4 is 5.91 Å². The molecule has 5 nitrogen and oxygen atoms in total. The summed E-state index contributed by atoms with van der Waals surface area (Å²) in [6.45, 7) is 1.97. The molecule has 0 radical (unpaired) electrons. The lowest BCUT2D eigenvalue weighted by Crippen LogP contribution is -2.34. The molecule has 20 heavy (non-hydrogen) atoms. The third kappa shape index (κ3) is 4.42. The summed E-state index contributed by atoms with van der Waals surface area (Å²) >= 11 is 0. The number of nitrogens with one attached hydrogen (secondary N) is 1. The summed E-state index contributed by atoms with van der Waals surface area (Å²) < 4.78 is 4.68. The standard InChI is InChI=1S/C15H18N2O3/c1-11(2-3-12-4-6-14(18)7-5-12)16-15(19)10-13-8-9-20-17-13/h4-9,11,18H,2-3,10H2,1H3,(H,16,19)/t11-/m1/s1. The lowest BCUT2D eigenvalue weighted by molar-refractivity contribution is -0.121. The first-order valence-electron chi connectivity index (χ1n) is 6.60. The van der Waals surface area contributed by atoms with Crippen molar-refractivity contribution in [2.75, 3.05) is 0 Å². The number of phenolic OH excluding ortho intramolecular Hbond substituents is 1. The van der Waals surface area contributed by atoms with Crippen molar-refractivity contribution in [1.29, 1.82) is 0 Å². The first-order valence-corrected chi connectivity index (χ1v) is 6.60. The Morgan fingerprint density at radius 3 is 2.75 bits per heavy atom. The van der Waals surface area contributed by atoms with Gasteiger partial charge in [-0.3, -0.25) is 4.79 Å². The van der Waals surface area contributed by atoms with Gasteiger partial charge >= 0.3 is 0 Å². The van der Waals surface area contributed by atoms with Crippen LogP contribution in [0.25, 0.3) is 0 Å². The molecule has 0 bridgehead atoms. The SMILES string of the molecule is C[C@H](CCc1ccc(O)cc1)NC(=O)Cc1ccon1. The number of aryl methyl sites for hydroxylation is 1. The van der Waals surface area contributed by atoms with E-state index >= 15 is 0 Å². The lowest BCUT2D eigenvalue weighted by atomic mass is 10.1. The maximum absolute atomic E-state index is 11.8. The van der Waals surface area contributed by atoms with E-state index in [0.717, 1.165) is 18.4 Å². The van der Waals surface area contributed by atoms with Crippen LogP contribution in [0, 0.1) is 0 Å². The highest BCUT2D eigenvalue weighted by Crippen LogP contribution is 2.12. The molecule has 0 aliphatic rings. The summed E-state index contributed by atoms with van der Waals surface area (Å²) in [7, 11) is 0. The lowest BCUT2D eigenvalue weighted by Gasteiger charge is -2.13. The predicted octanol–water partition coefficient (Wildman–Crippen LogP) is 2.06. The van der Waals surface area contributed by atoms with Crippen molar-refractivity contribution < 1.29 is 14.4 Å². The molecule has 2 rings (SSSR count). The van der Waals surface area contributed by atoms with Gasteiger partial charge in [0, 0.05) is 12.1 Å². The Morgan fingerprint density at radius 2 is 2.10 bits per heavy atom. The van der Waals surface area contributed by atoms with Gasteiger partial charge in [-0.05, 0) is 37.5 Å².